The summed E-state index contributed by atoms with van der Waals surface area (Å²) in [7, 11) is 0. The van der Waals surface area contributed by atoms with Crippen molar-refractivity contribution in [3.05, 3.63) is 57.0 Å². The Balaban J connectivity index is 2.12. The number of hydrogen-bond donors (Lipinski definition) is 1. The van der Waals surface area contributed by atoms with Gasteiger partial charge in [0, 0.05) is 20.6 Å². The van der Waals surface area contributed by atoms with Crippen LogP contribution in [0.5, 0.6) is 11.5 Å². The molecule has 0 unspecified atom stereocenters. The first-order valence-corrected chi connectivity index (χ1v) is 9.40. The molecule has 5 nitrogen and oxygen atoms in total. The van der Waals surface area contributed by atoms with Crippen molar-refractivity contribution in [2.75, 3.05) is 13.2 Å². The summed E-state index contributed by atoms with van der Waals surface area (Å²) < 4.78 is 12.1. The van der Waals surface area contributed by atoms with Crippen LogP contribution < -0.4 is 14.9 Å². The molecule has 0 heterocycles. The number of amides is 1. The Morgan fingerprint density at radius 1 is 1.19 bits per heavy atom. The van der Waals surface area contributed by atoms with Crippen LogP contribution in [0.2, 0.25) is 5.02 Å². The van der Waals surface area contributed by atoms with Crippen LogP contribution in [0.4, 0.5) is 0 Å². The minimum atomic E-state index is -0.318. The molecule has 2 aromatic carbocycles. The maximum atomic E-state index is 12.0. The van der Waals surface area contributed by atoms with E-state index >= 15 is 0 Å². The van der Waals surface area contributed by atoms with E-state index in [0.29, 0.717) is 35.3 Å². The van der Waals surface area contributed by atoms with Gasteiger partial charge in [0.25, 0.3) is 5.91 Å². The quantitative estimate of drug-likeness (QED) is 0.462. The lowest BCUT2D eigenvalue weighted by Crippen LogP contribution is -2.17. The van der Waals surface area contributed by atoms with Crippen LogP contribution in [0.15, 0.2) is 46.0 Å². The first kappa shape index (κ1) is 20.3. The lowest BCUT2D eigenvalue weighted by molar-refractivity contribution is 0.0955. The van der Waals surface area contributed by atoms with Gasteiger partial charge in [-0.1, -0.05) is 18.5 Å². The number of carbonyl (C=O) groups is 1. The number of benzene rings is 2. The Bertz CT molecular complexity index is 779. The van der Waals surface area contributed by atoms with Gasteiger partial charge in [0.15, 0.2) is 11.5 Å². The summed E-state index contributed by atoms with van der Waals surface area (Å²) in [6, 6.07) is 10.2. The highest BCUT2D eigenvalue weighted by molar-refractivity contribution is 9.10. The average Bonchev–Trinajstić information content (AvgIpc) is 2.63. The Morgan fingerprint density at radius 2 is 1.88 bits per heavy atom. The number of hydrogen-bond acceptors (Lipinski definition) is 4. The van der Waals surface area contributed by atoms with E-state index in [1.165, 1.54) is 0 Å². The molecule has 0 aliphatic rings. The van der Waals surface area contributed by atoms with Crippen molar-refractivity contribution in [2.24, 2.45) is 5.10 Å². The van der Waals surface area contributed by atoms with Gasteiger partial charge in [-0.3, -0.25) is 4.79 Å². The SMILES string of the molecule is CCCOc1cc(Br)c(/C=N/NC(=O)c2ccc(Cl)cc2)cc1OCC. The summed E-state index contributed by atoms with van der Waals surface area (Å²) in [5.41, 5.74) is 3.72. The molecule has 0 aliphatic heterocycles. The van der Waals surface area contributed by atoms with Gasteiger partial charge in [-0.2, -0.15) is 5.10 Å². The highest BCUT2D eigenvalue weighted by atomic mass is 79.9. The lowest BCUT2D eigenvalue weighted by Gasteiger charge is -2.13. The molecule has 2 aromatic rings. The lowest BCUT2D eigenvalue weighted by atomic mass is 10.2. The zero-order chi connectivity index (χ0) is 18.9. The highest BCUT2D eigenvalue weighted by Gasteiger charge is 2.10. The largest absolute Gasteiger partial charge is 0.490 e. The van der Waals surface area contributed by atoms with Crippen LogP contribution in [0.1, 0.15) is 36.2 Å². The number of halogens is 2. The minimum absolute atomic E-state index is 0.318. The van der Waals surface area contributed by atoms with Crippen molar-refractivity contribution in [2.45, 2.75) is 20.3 Å². The molecule has 0 aliphatic carbocycles. The van der Waals surface area contributed by atoms with E-state index < -0.39 is 0 Å². The summed E-state index contributed by atoms with van der Waals surface area (Å²) in [6.07, 6.45) is 2.45. The number of hydrazone groups is 1. The fourth-order valence-corrected chi connectivity index (χ4v) is 2.62. The van der Waals surface area contributed by atoms with Crippen molar-refractivity contribution < 1.29 is 14.3 Å². The maximum Gasteiger partial charge on any atom is 0.271 e. The molecule has 1 N–H and O–H groups in total. The Labute approximate surface area is 166 Å². The van der Waals surface area contributed by atoms with E-state index in [-0.39, 0.29) is 5.91 Å². The van der Waals surface area contributed by atoms with Crippen LogP contribution in [-0.2, 0) is 0 Å². The first-order chi connectivity index (χ1) is 12.5. The summed E-state index contributed by atoms with van der Waals surface area (Å²) in [4.78, 5) is 12.0. The summed E-state index contributed by atoms with van der Waals surface area (Å²) in [6.45, 7) is 5.08. The Kier molecular flexibility index (Phi) is 7.94. The van der Waals surface area contributed by atoms with Gasteiger partial charge in [0.2, 0.25) is 0 Å². The van der Waals surface area contributed by atoms with E-state index in [2.05, 4.69) is 26.5 Å². The maximum absolute atomic E-state index is 12.0. The number of carbonyl (C=O) groups excluding carboxylic acids is 1. The van der Waals surface area contributed by atoms with E-state index in [1.54, 1.807) is 30.5 Å². The third-order valence-corrected chi connectivity index (χ3v) is 4.24. The van der Waals surface area contributed by atoms with Gasteiger partial charge in [0.05, 0.1) is 19.4 Å². The van der Waals surface area contributed by atoms with E-state index in [1.807, 2.05) is 26.0 Å². The van der Waals surface area contributed by atoms with Crippen LogP contribution in [-0.4, -0.2) is 25.3 Å². The van der Waals surface area contributed by atoms with Gasteiger partial charge in [-0.05, 0) is 65.7 Å². The van der Waals surface area contributed by atoms with E-state index in [9.17, 15) is 4.79 Å². The molecule has 0 bridgehead atoms. The van der Waals surface area contributed by atoms with E-state index in [4.69, 9.17) is 21.1 Å². The van der Waals surface area contributed by atoms with Crippen molar-refractivity contribution in [1.29, 1.82) is 0 Å². The van der Waals surface area contributed by atoms with Gasteiger partial charge in [-0.15, -0.1) is 0 Å². The van der Waals surface area contributed by atoms with Crippen LogP contribution >= 0.6 is 27.5 Å². The fourth-order valence-electron chi connectivity index (χ4n) is 2.07. The Morgan fingerprint density at radius 3 is 2.54 bits per heavy atom. The number of nitrogens with one attached hydrogen (secondary N) is 1. The molecule has 0 radical (unpaired) electrons. The minimum Gasteiger partial charge on any atom is -0.490 e. The number of rotatable bonds is 8. The van der Waals surface area contributed by atoms with Gasteiger partial charge in [-0.25, -0.2) is 5.43 Å². The summed E-state index contributed by atoms with van der Waals surface area (Å²) in [5, 5.41) is 4.58. The second kappa shape index (κ2) is 10.2. The smallest absolute Gasteiger partial charge is 0.271 e. The molecular formula is C19H20BrClN2O3. The zero-order valence-corrected chi connectivity index (χ0v) is 16.9. The van der Waals surface area contributed by atoms with Crippen molar-refractivity contribution in [3.8, 4) is 11.5 Å². The van der Waals surface area contributed by atoms with Crippen molar-refractivity contribution in [3.63, 3.8) is 0 Å². The van der Waals surface area contributed by atoms with E-state index in [0.717, 1.165) is 16.5 Å². The van der Waals surface area contributed by atoms with Gasteiger partial charge >= 0.3 is 0 Å². The van der Waals surface area contributed by atoms with Crippen LogP contribution in [0.3, 0.4) is 0 Å². The second-order valence-corrected chi connectivity index (χ2v) is 6.60. The van der Waals surface area contributed by atoms with Crippen molar-refractivity contribution in [1.82, 2.24) is 5.43 Å². The molecule has 138 valence electrons. The molecule has 26 heavy (non-hydrogen) atoms. The van der Waals surface area contributed by atoms with Crippen molar-refractivity contribution >= 4 is 39.7 Å². The predicted octanol–water partition coefficient (Wildman–Crippen LogP) is 5.05. The monoisotopic (exact) mass is 438 g/mol. The zero-order valence-electron chi connectivity index (χ0n) is 14.6. The molecule has 0 atom stereocenters. The standard InChI is InChI=1S/C19H20BrClN2O3/c1-3-9-26-18-11-16(20)14(10-17(18)25-4-2)12-22-23-19(24)13-5-7-15(21)8-6-13/h5-8,10-12H,3-4,9H2,1-2H3,(H,23,24)/b22-12+. The molecule has 0 saturated carbocycles. The highest BCUT2D eigenvalue weighted by Crippen LogP contribution is 2.33. The summed E-state index contributed by atoms with van der Waals surface area (Å²) >= 11 is 9.30. The molecule has 0 aromatic heterocycles. The van der Waals surface area contributed by atoms with Crippen LogP contribution in [0.25, 0.3) is 0 Å². The number of ether oxygens (including phenoxy) is 2. The molecule has 0 spiro atoms. The first-order valence-electron chi connectivity index (χ1n) is 8.23. The Hall–Kier alpha value is -2.05. The average molecular weight is 440 g/mol. The normalized spacial score (nSPS) is 10.8. The molecule has 1 amide bonds. The van der Waals surface area contributed by atoms with Gasteiger partial charge < -0.3 is 9.47 Å². The topological polar surface area (TPSA) is 59.9 Å². The van der Waals surface area contributed by atoms with Crippen LogP contribution in [0, 0.1) is 0 Å². The third-order valence-electron chi connectivity index (χ3n) is 3.30. The van der Waals surface area contributed by atoms with Gasteiger partial charge in [0.1, 0.15) is 0 Å². The molecule has 0 saturated heterocycles. The fraction of sp³-hybridized carbons (Fsp3) is 0.263. The molecule has 7 heteroatoms. The molecule has 0 fully saturated rings. The number of nitrogens with zero attached hydrogens (tertiary/aromatic N) is 1. The molecule has 2 rings (SSSR count). The third kappa shape index (κ3) is 5.75. The second-order valence-electron chi connectivity index (χ2n) is 5.31. The molecular weight excluding hydrogens is 420 g/mol. The predicted molar refractivity (Wildman–Crippen MR) is 108 cm³/mol. The summed E-state index contributed by atoms with van der Waals surface area (Å²) in [5.74, 6) is 0.986.